The van der Waals surface area contributed by atoms with Gasteiger partial charge in [-0.2, -0.15) is 4.98 Å². The Bertz CT molecular complexity index is 1180. The van der Waals surface area contributed by atoms with Crippen molar-refractivity contribution in [2.75, 3.05) is 0 Å². The molecule has 0 aliphatic carbocycles. The van der Waals surface area contributed by atoms with Crippen LogP contribution in [0.15, 0.2) is 53.2 Å². The number of halogens is 1. The molecule has 5 nitrogen and oxygen atoms in total. The molecule has 0 amide bonds. The second-order valence-electron chi connectivity index (χ2n) is 8.98. The third-order valence-corrected chi connectivity index (χ3v) is 4.96. The lowest BCUT2D eigenvalue weighted by Crippen LogP contribution is -2.14. The minimum atomic E-state index is 0.0520. The molecule has 0 bridgehead atoms. The summed E-state index contributed by atoms with van der Waals surface area (Å²) in [5.41, 5.74) is 3.04. The van der Waals surface area contributed by atoms with Gasteiger partial charge >= 0.3 is 0 Å². The summed E-state index contributed by atoms with van der Waals surface area (Å²) in [5.74, 6) is 1.63. The minimum Gasteiger partial charge on any atom is -0.489 e. The van der Waals surface area contributed by atoms with Gasteiger partial charge in [-0.25, -0.2) is 0 Å². The van der Waals surface area contributed by atoms with E-state index in [2.05, 4.69) is 53.8 Å². The molecule has 0 spiro atoms. The number of hydrogen-bond acceptors (Lipinski definition) is 4. The molecule has 0 fully saturated rings. The van der Waals surface area contributed by atoms with Crippen LogP contribution in [0.25, 0.3) is 33.7 Å². The summed E-state index contributed by atoms with van der Waals surface area (Å²) in [6.45, 7) is 11.6. The number of aromatic nitrogens is 3. The quantitative estimate of drug-likeness (QED) is 0.352. The van der Waals surface area contributed by atoms with Crippen LogP contribution >= 0.6 is 11.6 Å². The van der Waals surface area contributed by atoms with Crippen molar-refractivity contribution >= 4 is 22.5 Å². The number of benzene rings is 2. The maximum atomic E-state index is 6.37. The Labute approximate surface area is 181 Å². The Hall–Kier alpha value is -2.79. The van der Waals surface area contributed by atoms with Gasteiger partial charge in [-0.15, -0.1) is 0 Å². The predicted octanol–water partition coefficient (Wildman–Crippen LogP) is 6.85. The first-order chi connectivity index (χ1) is 14.2. The van der Waals surface area contributed by atoms with Crippen LogP contribution in [0.3, 0.4) is 0 Å². The van der Waals surface area contributed by atoms with E-state index in [9.17, 15) is 0 Å². The molecule has 0 radical (unpaired) electrons. The van der Waals surface area contributed by atoms with E-state index in [1.807, 2.05) is 38.1 Å². The molecule has 0 aliphatic heterocycles. The van der Waals surface area contributed by atoms with Crippen LogP contribution in [0.2, 0.25) is 5.02 Å². The molecular formula is C24H26ClN3O2. The highest BCUT2D eigenvalue weighted by Crippen LogP contribution is 2.33. The van der Waals surface area contributed by atoms with E-state index in [-0.39, 0.29) is 11.5 Å². The van der Waals surface area contributed by atoms with Crippen LogP contribution in [0.1, 0.15) is 34.6 Å². The number of fused-ring (bicyclic) bond motifs is 1. The molecule has 6 heteroatoms. The smallest absolute Gasteiger partial charge is 0.258 e. The molecule has 2 aromatic carbocycles. The summed E-state index contributed by atoms with van der Waals surface area (Å²) in [6, 6.07) is 13.8. The molecule has 30 heavy (non-hydrogen) atoms. The highest BCUT2D eigenvalue weighted by Gasteiger charge is 2.18. The van der Waals surface area contributed by atoms with Gasteiger partial charge in [0.1, 0.15) is 5.75 Å². The molecule has 0 aliphatic rings. The summed E-state index contributed by atoms with van der Waals surface area (Å²) >= 11 is 6.37. The van der Waals surface area contributed by atoms with Crippen molar-refractivity contribution in [3.63, 3.8) is 0 Å². The van der Waals surface area contributed by atoms with Crippen molar-refractivity contribution < 1.29 is 9.26 Å². The van der Waals surface area contributed by atoms with Gasteiger partial charge < -0.3 is 13.8 Å². The molecule has 0 saturated heterocycles. The molecular weight excluding hydrogens is 398 g/mol. The number of ether oxygens (including phenoxy) is 1. The van der Waals surface area contributed by atoms with Crippen LogP contribution in [0.4, 0.5) is 0 Å². The topological polar surface area (TPSA) is 53.1 Å². The standard InChI is InChI=1S/C24H26ClN3O2/c1-15(2)29-21-10-9-16(13-19(21)25)22-26-23(30-27-22)18-7-6-8-20-17(18)11-12-28(20)14-24(3,4)5/h6-13,15H,14H2,1-5H3. The first-order valence-corrected chi connectivity index (χ1v) is 10.5. The Morgan fingerprint density at radius 1 is 1.13 bits per heavy atom. The fraction of sp³-hybridized carbons (Fsp3) is 0.333. The zero-order chi connectivity index (χ0) is 21.5. The minimum absolute atomic E-state index is 0.0520. The third kappa shape index (κ3) is 4.21. The second kappa shape index (κ2) is 7.80. The number of nitrogens with zero attached hydrogens (tertiary/aromatic N) is 3. The highest BCUT2D eigenvalue weighted by molar-refractivity contribution is 6.32. The molecule has 156 valence electrons. The second-order valence-corrected chi connectivity index (χ2v) is 9.38. The zero-order valence-electron chi connectivity index (χ0n) is 17.9. The molecule has 0 N–H and O–H groups in total. The maximum Gasteiger partial charge on any atom is 0.258 e. The van der Waals surface area contributed by atoms with Crippen molar-refractivity contribution in [2.24, 2.45) is 5.41 Å². The molecule has 0 atom stereocenters. The van der Waals surface area contributed by atoms with Gasteiger partial charge in [-0.05, 0) is 55.7 Å². The molecule has 2 aromatic heterocycles. The van der Waals surface area contributed by atoms with Gasteiger partial charge in [0, 0.05) is 34.8 Å². The summed E-state index contributed by atoms with van der Waals surface area (Å²) < 4.78 is 13.6. The van der Waals surface area contributed by atoms with Crippen molar-refractivity contribution in [1.82, 2.24) is 14.7 Å². The normalized spacial score (nSPS) is 12.1. The largest absolute Gasteiger partial charge is 0.489 e. The van der Waals surface area contributed by atoms with E-state index in [1.54, 1.807) is 6.07 Å². The lowest BCUT2D eigenvalue weighted by atomic mass is 9.97. The van der Waals surface area contributed by atoms with Crippen LogP contribution in [-0.4, -0.2) is 20.8 Å². The lowest BCUT2D eigenvalue weighted by Gasteiger charge is -2.19. The first kappa shape index (κ1) is 20.5. The van der Waals surface area contributed by atoms with Gasteiger partial charge in [0.2, 0.25) is 5.82 Å². The average molecular weight is 424 g/mol. The summed E-state index contributed by atoms with van der Waals surface area (Å²) in [6.07, 6.45) is 2.17. The monoisotopic (exact) mass is 423 g/mol. The van der Waals surface area contributed by atoms with E-state index in [4.69, 9.17) is 20.9 Å². The van der Waals surface area contributed by atoms with Gasteiger partial charge in [0.25, 0.3) is 5.89 Å². The fourth-order valence-corrected chi connectivity index (χ4v) is 3.72. The van der Waals surface area contributed by atoms with E-state index in [1.165, 1.54) is 0 Å². The molecule has 0 saturated carbocycles. The van der Waals surface area contributed by atoms with Crippen LogP contribution in [0.5, 0.6) is 5.75 Å². The first-order valence-electron chi connectivity index (χ1n) is 10.1. The average Bonchev–Trinajstić information content (AvgIpc) is 3.29. The van der Waals surface area contributed by atoms with Gasteiger partial charge in [-0.3, -0.25) is 0 Å². The number of hydrogen-bond donors (Lipinski definition) is 0. The molecule has 2 heterocycles. The summed E-state index contributed by atoms with van der Waals surface area (Å²) in [5, 5.41) is 5.79. The SMILES string of the molecule is CC(C)Oc1ccc(-c2noc(-c3cccc4c3ccn4CC(C)(C)C)n2)cc1Cl. The fourth-order valence-electron chi connectivity index (χ4n) is 3.50. The van der Waals surface area contributed by atoms with Crippen molar-refractivity contribution in [3.05, 3.63) is 53.7 Å². The summed E-state index contributed by atoms with van der Waals surface area (Å²) in [7, 11) is 0. The Balaban J connectivity index is 1.68. The van der Waals surface area contributed by atoms with Crippen molar-refractivity contribution in [3.8, 4) is 28.6 Å². The Morgan fingerprint density at radius 2 is 1.93 bits per heavy atom. The predicted molar refractivity (Wildman–Crippen MR) is 121 cm³/mol. The zero-order valence-corrected chi connectivity index (χ0v) is 18.7. The number of rotatable bonds is 5. The third-order valence-electron chi connectivity index (χ3n) is 4.67. The van der Waals surface area contributed by atoms with Crippen LogP contribution < -0.4 is 4.74 Å². The maximum absolute atomic E-state index is 6.37. The molecule has 4 aromatic rings. The van der Waals surface area contributed by atoms with Gasteiger partial charge in [0.05, 0.1) is 11.1 Å². The van der Waals surface area contributed by atoms with E-state index >= 15 is 0 Å². The Kier molecular flexibility index (Phi) is 5.33. The molecule has 4 rings (SSSR count). The highest BCUT2D eigenvalue weighted by atomic mass is 35.5. The van der Waals surface area contributed by atoms with Gasteiger partial charge in [0.15, 0.2) is 0 Å². The van der Waals surface area contributed by atoms with Gasteiger partial charge in [-0.1, -0.05) is 43.6 Å². The van der Waals surface area contributed by atoms with Crippen LogP contribution in [0, 0.1) is 5.41 Å². The molecule has 0 unspecified atom stereocenters. The summed E-state index contributed by atoms with van der Waals surface area (Å²) in [4.78, 5) is 4.63. The van der Waals surface area contributed by atoms with Crippen molar-refractivity contribution in [1.29, 1.82) is 0 Å². The van der Waals surface area contributed by atoms with E-state index in [0.29, 0.717) is 22.5 Å². The van der Waals surface area contributed by atoms with Crippen LogP contribution in [-0.2, 0) is 6.54 Å². The van der Waals surface area contributed by atoms with E-state index in [0.717, 1.165) is 28.6 Å². The lowest BCUT2D eigenvalue weighted by molar-refractivity contribution is 0.242. The van der Waals surface area contributed by atoms with Crippen molar-refractivity contribution in [2.45, 2.75) is 47.3 Å². The van der Waals surface area contributed by atoms with E-state index < -0.39 is 0 Å². The Morgan fingerprint density at radius 3 is 2.63 bits per heavy atom.